The van der Waals surface area contributed by atoms with Crippen LogP contribution in [0.2, 0.25) is 0 Å². The van der Waals surface area contributed by atoms with Crippen molar-refractivity contribution in [3.8, 4) is 11.1 Å². The van der Waals surface area contributed by atoms with E-state index in [9.17, 15) is 76.7 Å². The van der Waals surface area contributed by atoms with E-state index in [0.29, 0.717) is 25.0 Å². The number of hydrogen-bond donors (Lipinski definition) is 18. The summed E-state index contributed by atoms with van der Waals surface area (Å²) in [6.07, 6.45) is -1.82. The van der Waals surface area contributed by atoms with Crippen molar-refractivity contribution in [2.75, 3.05) is 51.3 Å². The largest absolute Gasteiger partial charge is 0.448 e. The molecule has 0 aromatic heterocycles. The minimum absolute atomic E-state index is 0.00269. The predicted molar refractivity (Wildman–Crippen MR) is 428 cm³/mol. The van der Waals surface area contributed by atoms with Crippen molar-refractivity contribution < 1.29 is 86.3 Å². The number of fused-ring (bicyclic) bond motifs is 3. The van der Waals surface area contributed by atoms with Crippen molar-refractivity contribution in [1.29, 1.82) is 0 Å². The van der Waals surface area contributed by atoms with E-state index in [2.05, 4.69) is 63.2 Å². The summed E-state index contributed by atoms with van der Waals surface area (Å²) < 4.78 is 5.64. The molecule has 2 aromatic carbocycles. The van der Waals surface area contributed by atoms with Crippen LogP contribution in [0.15, 0.2) is 58.5 Å². The predicted octanol–water partition coefficient (Wildman–Crippen LogP) is -2.57. The Morgan fingerprint density at radius 3 is 1.32 bits per heavy atom. The van der Waals surface area contributed by atoms with E-state index in [1.165, 1.54) is 30.5 Å². The maximum Gasteiger partial charge on any atom is 0.432 e. The second kappa shape index (κ2) is 48.9. The van der Waals surface area contributed by atoms with Crippen molar-refractivity contribution in [1.82, 2.24) is 63.1 Å². The van der Waals surface area contributed by atoms with Crippen LogP contribution in [0.4, 0.5) is 9.59 Å². The number of imide groups is 2. The molecule has 40 nitrogen and oxygen atoms in total. The van der Waals surface area contributed by atoms with Crippen LogP contribution < -0.4 is 99.0 Å². The summed E-state index contributed by atoms with van der Waals surface area (Å²) in [5.74, 6) is -14.1. The monoisotopic (exact) mass is 1640 g/mol. The zero-order valence-corrected chi connectivity index (χ0v) is 67.2. The van der Waals surface area contributed by atoms with E-state index in [4.69, 9.17) is 55.4 Å². The van der Waals surface area contributed by atoms with E-state index in [-0.39, 0.29) is 152 Å². The molecular weight excluding hydrogens is 1530 g/mol. The number of nitrogens with one attached hydrogen (secondary N) is 10. The molecular formula is C75H116N22O18S. The first-order valence-electron chi connectivity index (χ1n) is 39.0. The van der Waals surface area contributed by atoms with Gasteiger partial charge in [-0.3, -0.25) is 82.4 Å². The van der Waals surface area contributed by atoms with Crippen molar-refractivity contribution in [2.45, 2.75) is 222 Å². The molecule has 2 fully saturated rings. The van der Waals surface area contributed by atoms with Crippen molar-refractivity contribution >= 4 is 119 Å². The molecule has 2 aliphatic heterocycles. The average Bonchev–Trinajstić information content (AvgIpc) is 1.61. The summed E-state index contributed by atoms with van der Waals surface area (Å²) >= 11 is 1.39. The van der Waals surface area contributed by atoms with Crippen LogP contribution in [-0.4, -0.2) is 229 Å². The number of likely N-dealkylation sites (tertiary alicyclic amines) is 1. The lowest BCUT2D eigenvalue weighted by Crippen LogP contribution is -2.61. The molecule has 41 heteroatoms. The maximum atomic E-state index is 14.8. The van der Waals surface area contributed by atoms with Crippen LogP contribution in [0.3, 0.4) is 0 Å². The smallest absolute Gasteiger partial charge is 0.432 e. The quantitative estimate of drug-likeness (QED) is 0.0140. The van der Waals surface area contributed by atoms with Gasteiger partial charge in [0.25, 0.3) is 17.7 Å². The van der Waals surface area contributed by atoms with E-state index in [0.717, 1.165) is 22.3 Å². The number of ether oxygens (including phenoxy) is 1. The summed E-state index contributed by atoms with van der Waals surface area (Å²) in [4.78, 5) is 235. The molecule has 2 aromatic rings. The molecule has 3 aliphatic rings. The molecule has 16 amide bonds. The number of nitrogens with two attached hydrogens (primary N) is 8. The molecule has 5 rings (SSSR count). The number of unbranched alkanes of at least 4 members (excludes halogenated alkanes) is 2. The summed E-state index contributed by atoms with van der Waals surface area (Å²) in [6, 6.07) is 0.890. The maximum absolute atomic E-state index is 14.8. The second-order valence-electron chi connectivity index (χ2n) is 29.2. The number of rotatable bonds is 50. The SMILES string of the molecule is CSCCC(NC(=O)C(CC(C)C)NC(=O)C(CCCCN)NC(=O)C(CCC(N)=O)NC(=O)C(CCCN=C(N)N)NC(=O)C(CCCCN)NC(=O)C(CCCN=C(N)N)NC(=O)C(CCC(N)=O)NC(=O)C(NC(=O)ON1C(=O)CCC1=O)C(C)C)C(=O)N1CCCC1C(=O)NC(=O)OCC1c2ccccc2-c2ccccc21. The first-order chi connectivity index (χ1) is 55.2. The number of aliphatic imine (C=N–C) groups is 2. The van der Waals surface area contributed by atoms with Crippen LogP contribution in [0.5, 0.6) is 0 Å². The van der Waals surface area contributed by atoms with Gasteiger partial charge in [0, 0.05) is 51.2 Å². The highest BCUT2D eigenvalue weighted by molar-refractivity contribution is 7.98. The first kappa shape index (κ1) is 95.4. The van der Waals surface area contributed by atoms with Crippen LogP contribution in [0, 0.1) is 11.8 Å². The normalized spacial score (nSPS) is 15.9. The molecule has 116 heavy (non-hydrogen) atoms. The third-order valence-electron chi connectivity index (χ3n) is 19.3. The van der Waals surface area contributed by atoms with Crippen LogP contribution in [0.1, 0.15) is 173 Å². The van der Waals surface area contributed by atoms with Gasteiger partial charge in [-0.05, 0) is 162 Å². The first-order valence-corrected chi connectivity index (χ1v) is 40.4. The molecule has 2 saturated heterocycles. The minimum atomic E-state index is -1.67. The van der Waals surface area contributed by atoms with Gasteiger partial charge < -0.3 is 108 Å². The highest BCUT2D eigenvalue weighted by Gasteiger charge is 2.42. The summed E-state index contributed by atoms with van der Waals surface area (Å²) in [7, 11) is 0. The highest BCUT2D eigenvalue weighted by Crippen LogP contribution is 2.44. The number of hydroxylamine groups is 2. The minimum Gasteiger partial charge on any atom is -0.448 e. The number of guanidine groups is 2. The number of carbonyl (C=O) groups is 16. The number of carbonyl (C=O) groups excluding carboxylic acids is 16. The van der Waals surface area contributed by atoms with E-state index >= 15 is 0 Å². The van der Waals surface area contributed by atoms with E-state index < -0.39 is 187 Å². The van der Waals surface area contributed by atoms with Gasteiger partial charge in [-0.1, -0.05) is 76.2 Å². The van der Waals surface area contributed by atoms with Gasteiger partial charge in [0.05, 0.1) is 0 Å². The molecule has 0 saturated carbocycles. The summed E-state index contributed by atoms with van der Waals surface area (Å²) in [5.41, 5.74) is 49.1. The standard InChI is InChI=1S/C75H116N22O18S/c1-41(2)39-55(68(108)92-54(32-38-116-5)71(111)96-37-16-25-56(96)69(109)95-74(112)114-40-47-45-19-8-6-17-43(45)44-18-7-9-20-46(44)47)93-65(105)49(22-11-13-34-77)87-66(106)52(26-28-57(78)98)90-64(104)51(24-15-36-85-73(82)83)88-62(102)48(21-10-12-33-76)86-63(103)50(23-14-35-84-72(80)81)89-67(107)53(27-29-58(79)99)91-70(110)61(42(3)4)94-75(113)115-97-59(100)30-31-60(97)101/h6-9,17-20,41-42,47-56,61H,10-16,21-40,76-77H2,1-5H3,(H2,78,98)(H2,79,99)(H,86,103)(H,87,106)(H,88,102)(H,89,107)(H,90,104)(H,91,110)(H,92,108)(H,93,105)(H,94,113)(H4,80,81,84)(H4,82,83,85)(H,95,109,112). The molecule has 0 bridgehead atoms. The van der Waals surface area contributed by atoms with Crippen molar-refractivity contribution in [3.63, 3.8) is 0 Å². The van der Waals surface area contributed by atoms with E-state index in [1.807, 2.05) is 48.5 Å². The Balaban J connectivity index is 1.36. The second-order valence-corrected chi connectivity index (χ2v) is 30.2. The van der Waals surface area contributed by atoms with Gasteiger partial charge in [0.2, 0.25) is 65.0 Å². The van der Waals surface area contributed by atoms with Gasteiger partial charge in [-0.15, -0.1) is 5.06 Å². The fourth-order valence-electron chi connectivity index (χ4n) is 13.3. The Bertz CT molecular complexity index is 3780. The highest BCUT2D eigenvalue weighted by atomic mass is 32.2. The molecule has 0 radical (unpaired) electrons. The Kier molecular flexibility index (Phi) is 40.2. The lowest BCUT2D eigenvalue weighted by Gasteiger charge is -2.30. The zero-order chi connectivity index (χ0) is 85.7. The number of benzene rings is 2. The lowest BCUT2D eigenvalue weighted by atomic mass is 9.98. The molecule has 10 atom stereocenters. The lowest BCUT2D eigenvalue weighted by molar-refractivity contribution is -0.171. The third kappa shape index (κ3) is 31.2. The Labute approximate surface area is 677 Å². The number of alkyl carbamates (subject to hydrolysis) is 1. The van der Waals surface area contributed by atoms with Gasteiger partial charge >= 0.3 is 12.2 Å². The summed E-state index contributed by atoms with van der Waals surface area (Å²) in [6.45, 7) is 6.77. The fourth-order valence-corrected chi connectivity index (χ4v) is 13.8. The Morgan fingerprint density at radius 2 is 0.905 bits per heavy atom. The van der Waals surface area contributed by atoms with Crippen LogP contribution in [-0.2, 0) is 76.7 Å². The Hall–Kier alpha value is -11.2. The zero-order valence-electron chi connectivity index (χ0n) is 66.4. The van der Waals surface area contributed by atoms with Gasteiger partial charge in [0.15, 0.2) is 11.9 Å². The van der Waals surface area contributed by atoms with Crippen LogP contribution >= 0.6 is 11.8 Å². The average molecular weight is 1650 g/mol. The van der Waals surface area contributed by atoms with E-state index in [1.54, 1.807) is 20.1 Å². The Morgan fingerprint density at radius 1 is 0.500 bits per heavy atom. The number of hydrogen-bond acceptors (Lipinski definition) is 23. The molecule has 640 valence electrons. The third-order valence-corrected chi connectivity index (χ3v) is 20.0. The molecule has 26 N–H and O–H groups in total. The van der Waals surface area contributed by atoms with Crippen molar-refractivity contribution in [2.24, 2.45) is 67.7 Å². The summed E-state index contributed by atoms with van der Waals surface area (Å²) in [5, 5.41) is 25.9. The fraction of sp³-hybridized carbons (Fsp3) is 0.600. The number of thioether (sulfide) groups is 1. The number of amides is 16. The molecule has 0 spiro atoms. The topological polar surface area (TPSA) is 651 Å². The van der Waals surface area contributed by atoms with Gasteiger partial charge in [-0.25, -0.2) is 9.59 Å². The molecule has 2 heterocycles. The number of nitrogens with zero attached hydrogens (tertiary/aromatic N) is 4. The molecule has 10 unspecified atom stereocenters. The van der Waals surface area contributed by atoms with Gasteiger partial charge in [-0.2, -0.15) is 11.8 Å². The van der Waals surface area contributed by atoms with Gasteiger partial charge in [0.1, 0.15) is 67.0 Å². The molecule has 1 aliphatic carbocycles. The van der Waals surface area contributed by atoms with Crippen molar-refractivity contribution in [3.05, 3.63) is 59.7 Å². The number of primary amides is 2. The van der Waals surface area contributed by atoms with Crippen LogP contribution in [0.25, 0.3) is 11.1 Å².